The number of rotatable bonds is 5. The predicted octanol–water partition coefficient (Wildman–Crippen LogP) is 1.83. The zero-order valence-corrected chi connectivity index (χ0v) is 16.4. The Labute approximate surface area is 161 Å². The molecule has 6 nitrogen and oxygen atoms in total. The molecule has 1 fully saturated rings. The van der Waals surface area contributed by atoms with Crippen LogP contribution < -0.4 is 0 Å². The molecule has 1 amide bonds. The molecule has 3 rings (SSSR count). The number of benzene rings is 1. The molecule has 2 aliphatic rings. The molecule has 27 heavy (non-hydrogen) atoms. The number of carbonyl (C=O) groups is 2. The topological polar surface area (TPSA) is 64.1 Å². The second kappa shape index (κ2) is 8.85. The van der Waals surface area contributed by atoms with E-state index in [0.29, 0.717) is 6.54 Å². The van der Waals surface area contributed by atoms with Gasteiger partial charge in [0, 0.05) is 32.2 Å². The van der Waals surface area contributed by atoms with Gasteiger partial charge in [-0.15, -0.1) is 0 Å². The maximum Gasteiger partial charge on any atom is 0.317 e. The number of amides is 1. The van der Waals surface area contributed by atoms with Gasteiger partial charge in [-0.3, -0.25) is 19.4 Å². The maximum absolute atomic E-state index is 13.1. The lowest BCUT2D eigenvalue weighted by atomic mass is 9.98. The first-order chi connectivity index (χ1) is 13.0. The fourth-order valence-electron chi connectivity index (χ4n) is 4.35. The molecule has 0 saturated carbocycles. The second-order valence-corrected chi connectivity index (χ2v) is 7.88. The normalized spacial score (nSPS) is 22.2. The SMILES string of the molecule is CC(C(=O)N1CCCC(N(C)CC(=O)O)CC1)N1CCc2ccccc2C1. The molecular formula is C21H31N3O3. The Kier molecular flexibility index (Phi) is 6.50. The lowest BCUT2D eigenvalue weighted by Gasteiger charge is -2.35. The number of nitrogens with zero attached hydrogens (tertiary/aromatic N) is 3. The van der Waals surface area contributed by atoms with E-state index in [2.05, 4.69) is 29.2 Å². The van der Waals surface area contributed by atoms with Crippen molar-refractivity contribution in [1.29, 1.82) is 0 Å². The Morgan fingerprint density at radius 2 is 1.93 bits per heavy atom. The van der Waals surface area contributed by atoms with E-state index >= 15 is 0 Å². The summed E-state index contributed by atoms with van der Waals surface area (Å²) in [5.41, 5.74) is 2.72. The van der Waals surface area contributed by atoms with Gasteiger partial charge < -0.3 is 10.0 Å². The molecule has 2 aliphatic heterocycles. The van der Waals surface area contributed by atoms with Crippen LogP contribution in [0.5, 0.6) is 0 Å². The number of carboxylic acid groups (broad SMARTS) is 1. The highest BCUT2D eigenvalue weighted by Gasteiger charge is 2.30. The highest BCUT2D eigenvalue weighted by molar-refractivity contribution is 5.81. The number of likely N-dealkylation sites (N-methyl/N-ethyl adjacent to an activating group) is 1. The minimum Gasteiger partial charge on any atom is -0.480 e. The Bertz CT molecular complexity index is 678. The van der Waals surface area contributed by atoms with E-state index in [-0.39, 0.29) is 24.5 Å². The molecule has 1 aromatic carbocycles. The van der Waals surface area contributed by atoms with E-state index in [0.717, 1.165) is 45.3 Å². The largest absolute Gasteiger partial charge is 0.480 e. The summed E-state index contributed by atoms with van der Waals surface area (Å²) in [7, 11) is 1.87. The lowest BCUT2D eigenvalue weighted by Crippen LogP contribution is -2.49. The summed E-state index contributed by atoms with van der Waals surface area (Å²) < 4.78 is 0. The van der Waals surface area contributed by atoms with E-state index in [1.54, 1.807) is 0 Å². The third-order valence-electron chi connectivity index (χ3n) is 6.08. The van der Waals surface area contributed by atoms with Gasteiger partial charge in [-0.2, -0.15) is 0 Å². The summed E-state index contributed by atoms with van der Waals surface area (Å²) in [6, 6.07) is 8.60. The monoisotopic (exact) mass is 373 g/mol. The van der Waals surface area contributed by atoms with Crippen molar-refractivity contribution in [1.82, 2.24) is 14.7 Å². The molecule has 148 valence electrons. The van der Waals surface area contributed by atoms with Gasteiger partial charge in [-0.25, -0.2) is 0 Å². The first kappa shape index (κ1) is 19.8. The number of carboxylic acids is 1. The summed E-state index contributed by atoms with van der Waals surface area (Å²) in [5.74, 6) is -0.593. The van der Waals surface area contributed by atoms with Crippen LogP contribution in [0.2, 0.25) is 0 Å². The van der Waals surface area contributed by atoms with Crippen LogP contribution in [0.15, 0.2) is 24.3 Å². The molecule has 0 aliphatic carbocycles. The highest BCUT2D eigenvalue weighted by Crippen LogP contribution is 2.22. The van der Waals surface area contributed by atoms with E-state index in [4.69, 9.17) is 5.11 Å². The van der Waals surface area contributed by atoms with Gasteiger partial charge >= 0.3 is 5.97 Å². The zero-order chi connectivity index (χ0) is 19.4. The van der Waals surface area contributed by atoms with Crippen LogP contribution in [0, 0.1) is 0 Å². The quantitative estimate of drug-likeness (QED) is 0.853. The average Bonchev–Trinajstić information content (AvgIpc) is 2.92. The number of carbonyl (C=O) groups excluding carboxylic acids is 1. The Morgan fingerprint density at radius 1 is 1.19 bits per heavy atom. The van der Waals surface area contributed by atoms with Crippen LogP contribution >= 0.6 is 0 Å². The van der Waals surface area contributed by atoms with Gasteiger partial charge in [0.05, 0.1) is 12.6 Å². The van der Waals surface area contributed by atoms with Crippen molar-refractivity contribution >= 4 is 11.9 Å². The van der Waals surface area contributed by atoms with E-state index < -0.39 is 5.97 Å². The van der Waals surface area contributed by atoms with Gasteiger partial charge in [-0.1, -0.05) is 24.3 Å². The molecular weight excluding hydrogens is 342 g/mol. The van der Waals surface area contributed by atoms with Gasteiger partial charge in [-0.05, 0) is 50.8 Å². The van der Waals surface area contributed by atoms with Crippen molar-refractivity contribution in [2.24, 2.45) is 0 Å². The smallest absolute Gasteiger partial charge is 0.317 e. The number of likely N-dealkylation sites (tertiary alicyclic amines) is 1. The Morgan fingerprint density at radius 3 is 2.67 bits per heavy atom. The van der Waals surface area contributed by atoms with E-state index in [9.17, 15) is 9.59 Å². The van der Waals surface area contributed by atoms with Crippen LogP contribution in [-0.4, -0.2) is 77.0 Å². The molecule has 2 unspecified atom stereocenters. The first-order valence-electron chi connectivity index (χ1n) is 9.97. The van der Waals surface area contributed by atoms with Crippen molar-refractivity contribution in [3.05, 3.63) is 35.4 Å². The standard InChI is InChI=1S/C21H31N3O3/c1-16(24-12-9-17-6-3-4-7-18(17)14-24)21(27)23-11-5-8-19(10-13-23)22(2)15-20(25)26/h3-4,6-7,16,19H,5,8-15H2,1-2H3,(H,25,26). The Balaban J connectivity index is 1.57. The zero-order valence-electron chi connectivity index (χ0n) is 16.4. The van der Waals surface area contributed by atoms with Gasteiger partial charge in [0.15, 0.2) is 0 Å². The van der Waals surface area contributed by atoms with Crippen molar-refractivity contribution in [2.75, 3.05) is 33.2 Å². The average molecular weight is 373 g/mol. The molecule has 1 saturated heterocycles. The van der Waals surface area contributed by atoms with Crippen LogP contribution in [-0.2, 0) is 22.6 Å². The molecule has 6 heteroatoms. The summed E-state index contributed by atoms with van der Waals surface area (Å²) >= 11 is 0. The molecule has 0 spiro atoms. The van der Waals surface area contributed by atoms with E-state index in [1.807, 2.05) is 23.8 Å². The number of fused-ring (bicyclic) bond motifs is 1. The van der Waals surface area contributed by atoms with Crippen LogP contribution in [0.3, 0.4) is 0 Å². The van der Waals surface area contributed by atoms with Crippen LogP contribution in [0.25, 0.3) is 0 Å². The fraction of sp³-hybridized carbons (Fsp3) is 0.619. The molecule has 0 aromatic heterocycles. The van der Waals surface area contributed by atoms with Crippen molar-refractivity contribution < 1.29 is 14.7 Å². The Hall–Kier alpha value is -1.92. The maximum atomic E-state index is 13.1. The van der Waals surface area contributed by atoms with Crippen molar-refractivity contribution in [3.8, 4) is 0 Å². The second-order valence-electron chi connectivity index (χ2n) is 7.88. The lowest BCUT2D eigenvalue weighted by molar-refractivity contribution is -0.139. The number of hydrogen-bond acceptors (Lipinski definition) is 4. The third kappa shape index (κ3) is 4.87. The molecule has 2 atom stereocenters. The summed E-state index contributed by atoms with van der Waals surface area (Å²) in [4.78, 5) is 30.2. The molecule has 1 aromatic rings. The molecule has 1 N–H and O–H groups in total. The number of aliphatic carboxylic acids is 1. The first-order valence-corrected chi connectivity index (χ1v) is 9.97. The molecule has 0 radical (unpaired) electrons. The minimum absolute atomic E-state index is 0.0577. The summed E-state index contributed by atoms with van der Waals surface area (Å²) in [5, 5.41) is 9.00. The summed E-state index contributed by atoms with van der Waals surface area (Å²) in [6.07, 6.45) is 3.70. The predicted molar refractivity (Wildman–Crippen MR) is 105 cm³/mol. The van der Waals surface area contributed by atoms with Gasteiger partial charge in [0.25, 0.3) is 0 Å². The number of hydrogen-bond donors (Lipinski definition) is 1. The molecule has 0 bridgehead atoms. The van der Waals surface area contributed by atoms with Crippen LogP contribution in [0.1, 0.15) is 37.3 Å². The van der Waals surface area contributed by atoms with Gasteiger partial charge in [0.2, 0.25) is 5.91 Å². The fourth-order valence-corrected chi connectivity index (χ4v) is 4.35. The van der Waals surface area contributed by atoms with Gasteiger partial charge in [0.1, 0.15) is 0 Å². The van der Waals surface area contributed by atoms with Crippen molar-refractivity contribution in [3.63, 3.8) is 0 Å². The van der Waals surface area contributed by atoms with E-state index in [1.165, 1.54) is 11.1 Å². The summed E-state index contributed by atoms with van der Waals surface area (Å²) in [6.45, 7) is 5.31. The minimum atomic E-state index is -0.798. The third-order valence-corrected chi connectivity index (χ3v) is 6.08. The highest BCUT2D eigenvalue weighted by atomic mass is 16.4. The molecule has 2 heterocycles. The van der Waals surface area contributed by atoms with Crippen LogP contribution in [0.4, 0.5) is 0 Å². The van der Waals surface area contributed by atoms with Crippen molar-refractivity contribution in [2.45, 2.75) is 51.2 Å².